The number of aromatic nitrogens is 1. The zero-order valence-electron chi connectivity index (χ0n) is 7.13. The Morgan fingerprint density at radius 2 is 2.33 bits per heavy atom. The first-order chi connectivity index (χ1) is 5.65. The quantitative estimate of drug-likeness (QED) is 0.784. The van der Waals surface area contributed by atoms with Crippen molar-refractivity contribution in [1.82, 2.24) is 4.98 Å². The van der Waals surface area contributed by atoms with Crippen molar-refractivity contribution in [3.8, 4) is 0 Å². The summed E-state index contributed by atoms with van der Waals surface area (Å²) in [6.07, 6.45) is 1.87. The lowest BCUT2D eigenvalue weighted by Gasteiger charge is -1.90. The molecule has 0 saturated heterocycles. The van der Waals surface area contributed by atoms with Crippen LogP contribution in [0.15, 0.2) is 0 Å². The van der Waals surface area contributed by atoms with Crippen LogP contribution in [-0.4, -0.2) is 16.1 Å². The number of aromatic carboxylic acids is 1. The molecule has 0 fully saturated rings. The summed E-state index contributed by atoms with van der Waals surface area (Å²) in [5.41, 5.74) is 0.930. The Labute approximate surface area is 75.1 Å². The second-order valence-electron chi connectivity index (χ2n) is 2.58. The molecule has 0 amide bonds. The van der Waals surface area contributed by atoms with E-state index in [1.807, 2.05) is 6.92 Å². The molecule has 1 aromatic heterocycles. The van der Waals surface area contributed by atoms with Crippen molar-refractivity contribution in [2.75, 3.05) is 0 Å². The lowest BCUT2D eigenvalue weighted by atomic mass is 10.2. The summed E-state index contributed by atoms with van der Waals surface area (Å²) in [6.45, 7) is 3.97. The molecule has 0 radical (unpaired) electrons. The Hall–Kier alpha value is -0.900. The van der Waals surface area contributed by atoms with Gasteiger partial charge in [0.25, 0.3) is 0 Å². The molecule has 0 aliphatic rings. The maximum atomic E-state index is 10.5. The Kier molecular flexibility index (Phi) is 2.81. The summed E-state index contributed by atoms with van der Waals surface area (Å²) >= 11 is 1.25. The van der Waals surface area contributed by atoms with Gasteiger partial charge in [0.2, 0.25) is 5.01 Å². The zero-order chi connectivity index (χ0) is 9.14. The predicted octanol–water partition coefficient (Wildman–Crippen LogP) is 2.10. The van der Waals surface area contributed by atoms with Crippen LogP contribution in [0.1, 0.15) is 33.7 Å². The van der Waals surface area contributed by atoms with E-state index in [2.05, 4.69) is 11.9 Å². The second-order valence-corrected chi connectivity index (χ2v) is 3.78. The van der Waals surface area contributed by atoms with E-state index in [0.717, 1.165) is 23.4 Å². The van der Waals surface area contributed by atoms with Gasteiger partial charge in [0.05, 0.1) is 5.69 Å². The first kappa shape index (κ1) is 9.19. The minimum atomic E-state index is -0.926. The number of aryl methyl sites for hydroxylation is 2. The third-order valence-corrected chi connectivity index (χ3v) is 2.56. The van der Waals surface area contributed by atoms with Gasteiger partial charge in [0, 0.05) is 4.88 Å². The van der Waals surface area contributed by atoms with Crippen molar-refractivity contribution in [2.45, 2.75) is 26.7 Å². The van der Waals surface area contributed by atoms with Gasteiger partial charge in [-0.25, -0.2) is 9.78 Å². The van der Waals surface area contributed by atoms with E-state index >= 15 is 0 Å². The second kappa shape index (κ2) is 3.67. The fraction of sp³-hybridized carbons (Fsp3) is 0.500. The van der Waals surface area contributed by atoms with E-state index in [4.69, 9.17) is 5.11 Å². The summed E-state index contributed by atoms with van der Waals surface area (Å²) in [5, 5.41) is 8.84. The molecular weight excluding hydrogens is 174 g/mol. The normalized spacial score (nSPS) is 10.2. The summed E-state index contributed by atoms with van der Waals surface area (Å²) < 4.78 is 0. The van der Waals surface area contributed by atoms with Gasteiger partial charge in [0.1, 0.15) is 0 Å². The van der Waals surface area contributed by atoms with E-state index in [-0.39, 0.29) is 5.01 Å². The van der Waals surface area contributed by atoms with Crippen molar-refractivity contribution in [3.05, 3.63) is 15.6 Å². The van der Waals surface area contributed by atoms with Crippen molar-refractivity contribution in [1.29, 1.82) is 0 Å². The molecule has 0 bridgehead atoms. The van der Waals surface area contributed by atoms with Gasteiger partial charge in [-0.1, -0.05) is 13.3 Å². The van der Waals surface area contributed by atoms with Crippen LogP contribution in [-0.2, 0) is 6.42 Å². The van der Waals surface area contributed by atoms with Crippen LogP contribution in [0.4, 0.5) is 0 Å². The van der Waals surface area contributed by atoms with E-state index in [0.29, 0.717) is 0 Å². The molecule has 1 rings (SSSR count). The third-order valence-electron chi connectivity index (χ3n) is 1.56. The van der Waals surface area contributed by atoms with Crippen molar-refractivity contribution >= 4 is 17.3 Å². The van der Waals surface area contributed by atoms with Crippen LogP contribution >= 0.6 is 11.3 Å². The van der Waals surface area contributed by atoms with Crippen LogP contribution in [0.5, 0.6) is 0 Å². The monoisotopic (exact) mass is 185 g/mol. The van der Waals surface area contributed by atoms with Crippen LogP contribution in [0, 0.1) is 6.92 Å². The van der Waals surface area contributed by atoms with Gasteiger partial charge in [-0.2, -0.15) is 0 Å². The molecule has 0 saturated carbocycles. The number of nitrogens with zero attached hydrogens (tertiary/aromatic N) is 1. The molecule has 12 heavy (non-hydrogen) atoms. The summed E-state index contributed by atoms with van der Waals surface area (Å²) in [4.78, 5) is 15.6. The smallest absolute Gasteiger partial charge is 0.365 e. The van der Waals surface area contributed by atoms with Gasteiger partial charge >= 0.3 is 5.97 Å². The minimum Gasteiger partial charge on any atom is -0.476 e. The highest BCUT2D eigenvalue weighted by Crippen LogP contribution is 2.18. The fourth-order valence-corrected chi connectivity index (χ4v) is 1.79. The van der Waals surface area contributed by atoms with Crippen molar-refractivity contribution < 1.29 is 9.90 Å². The van der Waals surface area contributed by atoms with Gasteiger partial charge in [-0.3, -0.25) is 0 Å². The minimum absolute atomic E-state index is 0.205. The van der Waals surface area contributed by atoms with Crippen LogP contribution in [0.25, 0.3) is 0 Å². The Morgan fingerprint density at radius 3 is 2.75 bits per heavy atom. The third kappa shape index (κ3) is 1.82. The van der Waals surface area contributed by atoms with Crippen molar-refractivity contribution in [2.24, 2.45) is 0 Å². The number of carbonyl (C=O) groups is 1. The van der Waals surface area contributed by atoms with E-state index in [1.54, 1.807) is 0 Å². The number of rotatable bonds is 3. The highest BCUT2D eigenvalue weighted by atomic mass is 32.1. The average Bonchev–Trinajstić information content (AvgIpc) is 2.34. The van der Waals surface area contributed by atoms with Gasteiger partial charge in [-0.05, 0) is 13.3 Å². The molecule has 3 nitrogen and oxygen atoms in total. The molecule has 0 spiro atoms. The summed E-state index contributed by atoms with van der Waals surface area (Å²) in [5.74, 6) is -0.926. The molecule has 0 atom stereocenters. The average molecular weight is 185 g/mol. The Bertz CT molecular complexity index is 293. The molecule has 1 heterocycles. The molecule has 0 unspecified atom stereocenters. The number of hydrogen-bond donors (Lipinski definition) is 1. The lowest BCUT2D eigenvalue weighted by Crippen LogP contribution is -1.95. The first-order valence-corrected chi connectivity index (χ1v) is 4.66. The van der Waals surface area contributed by atoms with Crippen LogP contribution in [0.3, 0.4) is 0 Å². The molecule has 1 aromatic rings. The largest absolute Gasteiger partial charge is 0.476 e. The summed E-state index contributed by atoms with van der Waals surface area (Å²) in [6, 6.07) is 0. The Balaban J connectivity index is 2.92. The Morgan fingerprint density at radius 1 is 1.67 bits per heavy atom. The molecule has 4 heteroatoms. The topological polar surface area (TPSA) is 50.2 Å². The molecule has 0 aromatic carbocycles. The number of thiazole rings is 1. The fourth-order valence-electron chi connectivity index (χ4n) is 0.988. The first-order valence-electron chi connectivity index (χ1n) is 3.84. The van der Waals surface area contributed by atoms with Gasteiger partial charge < -0.3 is 5.11 Å². The van der Waals surface area contributed by atoms with Gasteiger partial charge in [-0.15, -0.1) is 11.3 Å². The van der Waals surface area contributed by atoms with Gasteiger partial charge in [0.15, 0.2) is 0 Å². The summed E-state index contributed by atoms with van der Waals surface area (Å²) in [7, 11) is 0. The highest BCUT2D eigenvalue weighted by molar-refractivity contribution is 7.13. The molecule has 1 N–H and O–H groups in total. The lowest BCUT2D eigenvalue weighted by molar-refractivity contribution is 0.0696. The maximum absolute atomic E-state index is 10.5. The predicted molar refractivity (Wildman–Crippen MR) is 47.8 cm³/mol. The van der Waals surface area contributed by atoms with Crippen LogP contribution in [0.2, 0.25) is 0 Å². The molecule has 0 aliphatic heterocycles. The molecular formula is C8H11NO2S. The van der Waals surface area contributed by atoms with Crippen molar-refractivity contribution in [3.63, 3.8) is 0 Å². The molecule has 66 valence electrons. The number of hydrogen-bond acceptors (Lipinski definition) is 3. The van der Waals surface area contributed by atoms with Crippen LogP contribution < -0.4 is 0 Å². The number of carboxylic acid groups (broad SMARTS) is 1. The molecule has 0 aliphatic carbocycles. The SMILES string of the molecule is CCCc1nc(C(=O)O)sc1C. The van der Waals surface area contributed by atoms with E-state index in [1.165, 1.54) is 11.3 Å². The number of carboxylic acids is 1. The maximum Gasteiger partial charge on any atom is 0.365 e. The zero-order valence-corrected chi connectivity index (χ0v) is 7.94. The van der Waals surface area contributed by atoms with E-state index in [9.17, 15) is 4.79 Å². The highest BCUT2D eigenvalue weighted by Gasteiger charge is 2.11. The standard InChI is InChI=1S/C8H11NO2S/c1-3-4-6-5(2)12-7(9-6)8(10)11/h3-4H2,1-2H3,(H,10,11). The van der Waals surface area contributed by atoms with E-state index < -0.39 is 5.97 Å².